The number of aromatic nitrogens is 1. The zero-order valence-electron chi connectivity index (χ0n) is 10.2. The van der Waals surface area contributed by atoms with Crippen LogP contribution in [0.1, 0.15) is 43.0 Å². The zero-order chi connectivity index (χ0) is 12.7. The lowest BCUT2D eigenvalue weighted by atomic mass is 9.72. The first-order valence-electron chi connectivity index (χ1n) is 5.91. The first-order valence-corrected chi connectivity index (χ1v) is 5.91. The molecular weight excluding hydrogens is 226 g/mol. The minimum Gasteiger partial charge on any atom is -0.445 e. The normalized spacial score (nSPS) is 22.6. The maximum Gasteiger partial charge on any atom is 0.248 e. The summed E-state index contributed by atoms with van der Waals surface area (Å²) in [6, 6.07) is 0. The van der Waals surface area contributed by atoms with Crippen LogP contribution in [-0.4, -0.2) is 17.5 Å². The summed E-state index contributed by atoms with van der Waals surface area (Å²) in [5.74, 6) is -1.29. The Hall–Kier alpha value is -0.970. The SMILES string of the molecule is Cc1nc(C2(CN)CCC(F)(F)CC2)oc1C. The van der Waals surface area contributed by atoms with Gasteiger partial charge in [0.2, 0.25) is 11.8 Å². The number of halogens is 2. The van der Waals surface area contributed by atoms with E-state index in [1.807, 2.05) is 13.8 Å². The Labute approximate surface area is 99.4 Å². The quantitative estimate of drug-likeness (QED) is 0.870. The first kappa shape index (κ1) is 12.5. The molecule has 0 atom stereocenters. The van der Waals surface area contributed by atoms with E-state index >= 15 is 0 Å². The van der Waals surface area contributed by atoms with Crippen LogP contribution in [0.25, 0.3) is 0 Å². The number of nitrogens with zero attached hydrogens (tertiary/aromatic N) is 1. The summed E-state index contributed by atoms with van der Waals surface area (Å²) in [5, 5.41) is 0. The molecule has 0 aliphatic heterocycles. The molecule has 0 amide bonds. The van der Waals surface area contributed by atoms with Crippen LogP contribution in [0.15, 0.2) is 4.42 Å². The molecule has 3 nitrogen and oxygen atoms in total. The highest BCUT2D eigenvalue weighted by atomic mass is 19.3. The van der Waals surface area contributed by atoms with Crippen molar-refractivity contribution in [1.82, 2.24) is 4.98 Å². The molecule has 0 aromatic carbocycles. The fourth-order valence-electron chi connectivity index (χ4n) is 2.30. The van der Waals surface area contributed by atoms with Crippen LogP contribution in [-0.2, 0) is 5.41 Å². The summed E-state index contributed by atoms with van der Waals surface area (Å²) in [4.78, 5) is 4.33. The molecule has 1 fully saturated rings. The number of hydrogen-bond donors (Lipinski definition) is 1. The van der Waals surface area contributed by atoms with Crippen LogP contribution < -0.4 is 5.73 Å². The van der Waals surface area contributed by atoms with E-state index in [1.165, 1.54) is 0 Å². The van der Waals surface area contributed by atoms with Crippen LogP contribution in [0.4, 0.5) is 8.78 Å². The average molecular weight is 244 g/mol. The van der Waals surface area contributed by atoms with Gasteiger partial charge in [0.1, 0.15) is 5.76 Å². The minimum atomic E-state index is -2.56. The van der Waals surface area contributed by atoms with Crippen molar-refractivity contribution in [2.45, 2.75) is 50.9 Å². The van der Waals surface area contributed by atoms with E-state index in [0.29, 0.717) is 25.3 Å². The Morgan fingerprint density at radius 2 is 1.82 bits per heavy atom. The summed E-state index contributed by atoms with van der Waals surface area (Å²) in [7, 11) is 0. The van der Waals surface area contributed by atoms with Gasteiger partial charge in [0, 0.05) is 19.4 Å². The Balaban J connectivity index is 2.27. The van der Waals surface area contributed by atoms with Gasteiger partial charge in [-0.25, -0.2) is 13.8 Å². The third kappa shape index (κ3) is 2.20. The predicted molar refractivity (Wildman–Crippen MR) is 60.1 cm³/mol. The first-order chi connectivity index (χ1) is 7.88. The van der Waals surface area contributed by atoms with E-state index in [2.05, 4.69) is 4.98 Å². The molecule has 96 valence electrons. The van der Waals surface area contributed by atoms with Crippen LogP contribution in [0, 0.1) is 13.8 Å². The van der Waals surface area contributed by atoms with Gasteiger partial charge in [-0.1, -0.05) is 0 Å². The van der Waals surface area contributed by atoms with E-state index < -0.39 is 11.3 Å². The van der Waals surface area contributed by atoms with E-state index in [0.717, 1.165) is 11.5 Å². The van der Waals surface area contributed by atoms with E-state index in [9.17, 15) is 8.78 Å². The molecule has 1 aromatic heterocycles. The van der Waals surface area contributed by atoms with Crippen LogP contribution in [0.3, 0.4) is 0 Å². The smallest absolute Gasteiger partial charge is 0.248 e. The number of aryl methyl sites for hydroxylation is 2. The molecule has 1 aliphatic rings. The fourth-order valence-corrected chi connectivity index (χ4v) is 2.30. The maximum atomic E-state index is 13.2. The molecule has 2 rings (SSSR count). The lowest BCUT2D eigenvalue weighted by molar-refractivity contribution is -0.0540. The highest BCUT2D eigenvalue weighted by molar-refractivity contribution is 5.15. The van der Waals surface area contributed by atoms with Crippen molar-refractivity contribution in [2.75, 3.05) is 6.54 Å². The van der Waals surface area contributed by atoms with E-state index in [1.54, 1.807) is 0 Å². The summed E-state index contributed by atoms with van der Waals surface area (Å²) >= 11 is 0. The molecule has 1 heterocycles. The second kappa shape index (κ2) is 4.05. The van der Waals surface area contributed by atoms with E-state index in [4.69, 9.17) is 10.2 Å². The molecule has 2 N–H and O–H groups in total. The Bertz CT molecular complexity index is 385. The number of alkyl halides is 2. The lowest BCUT2D eigenvalue weighted by Gasteiger charge is -2.36. The van der Waals surface area contributed by atoms with Crippen molar-refractivity contribution < 1.29 is 13.2 Å². The maximum absolute atomic E-state index is 13.2. The Morgan fingerprint density at radius 1 is 1.24 bits per heavy atom. The molecule has 1 aromatic rings. The second-order valence-corrected chi connectivity index (χ2v) is 5.00. The van der Waals surface area contributed by atoms with Crippen molar-refractivity contribution >= 4 is 0 Å². The molecule has 0 spiro atoms. The summed E-state index contributed by atoms with van der Waals surface area (Å²) in [5.41, 5.74) is 6.08. The predicted octanol–water partition coefficient (Wildman–Crippen LogP) is 2.70. The molecule has 5 heteroatoms. The zero-order valence-corrected chi connectivity index (χ0v) is 10.2. The largest absolute Gasteiger partial charge is 0.445 e. The van der Waals surface area contributed by atoms with Gasteiger partial charge < -0.3 is 10.2 Å². The van der Waals surface area contributed by atoms with E-state index in [-0.39, 0.29) is 12.8 Å². The van der Waals surface area contributed by atoms with Gasteiger partial charge in [-0.15, -0.1) is 0 Å². The number of rotatable bonds is 2. The molecule has 0 bridgehead atoms. The third-order valence-electron chi connectivity index (χ3n) is 3.81. The molecule has 17 heavy (non-hydrogen) atoms. The van der Waals surface area contributed by atoms with Crippen molar-refractivity contribution in [3.63, 3.8) is 0 Å². The Morgan fingerprint density at radius 3 is 2.24 bits per heavy atom. The fraction of sp³-hybridized carbons (Fsp3) is 0.750. The third-order valence-corrected chi connectivity index (χ3v) is 3.81. The van der Waals surface area contributed by atoms with Crippen molar-refractivity contribution in [2.24, 2.45) is 5.73 Å². The van der Waals surface area contributed by atoms with Crippen molar-refractivity contribution in [1.29, 1.82) is 0 Å². The second-order valence-electron chi connectivity index (χ2n) is 5.00. The van der Waals surface area contributed by atoms with Gasteiger partial charge in [0.15, 0.2) is 0 Å². The van der Waals surface area contributed by atoms with Crippen LogP contribution >= 0.6 is 0 Å². The number of nitrogens with two attached hydrogens (primary N) is 1. The lowest BCUT2D eigenvalue weighted by Crippen LogP contribution is -2.42. The van der Waals surface area contributed by atoms with Gasteiger partial charge in [-0.05, 0) is 26.7 Å². The topological polar surface area (TPSA) is 52.0 Å². The highest BCUT2D eigenvalue weighted by Crippen LogP contribution is 2.44. The molecule has 0 unspecified atom stereocenters. The summed E-state index contributed by atoms with van der Waals surface area (Å²) in [6.07, 6.45) is 0.418. The number of hydrogen-bond acceptors (Lipinski definition) is 3. The van der Waals surface area contributed by atoms with Gasteiger partial charge >= 0.3 is 0 Å². The number of oxazole rings is 1. The van der Waals surface area contributed by atoms with Gasteiger partial charge in [0.05, 0.1) is 11.1 Å². The van der Waals surface area contributed by atoms with Gasteiger partial charge in [0.25, 0.3) is 0 Å². The molecule has 0 saturated heterocycles. The van der Waals surface area contributed by atoms with Crippen LogP contribution in [0.5, 0.6) is 0 Å². The van der Waals surface area contributed by atoms with Gasteiger partial charge in [-0.3, -0.25) is 0 Å². The standard InChI is InChI=1S/C12H18F2N2O/c1-8-9(2)17-10(16-8)11(7-15)3-5-12(13,14)6-4-11/h3-7,15H2,1-2H3. The van der Waals surface area contributed by atoms with Crippen molar-refractivity contribution in [3.8, 4) is 0 Å². The Kier molecular flexibility index (Phi) is 2.97. The average Bonchev–Trinajstić information content (AvgIpc) is 2.61. The molecule has 1 aliphatic carbocycles. The monoisotopic (exact) mass is 244 g/mol. The summed E-state index contributed by atoms with van der Waals surface area (Å²) < 4.78 is 32.0. The van der Waals surface area contributed by atoms with Gasteiger partial charge in [-0.2, -0.15) is 0 Å². The highest BCUT2D eigenvalue weighted by Gasteiger charge is 2.46. The molecular formula is C12H18F2N2O. The summed E-state index contributed by atoms with van der Waals surface area (Å²) in [6.45, 7) is 3.99. The molecule has 0 radical (unpaired) electrons. The minimum absolute atomic E-state index is 0.134. The van der Waals surface area contributed by atoms with Crippen LogP contribution in [0.2, 0.25) is 0 Å². The van der Waals surface area contributed by atoms with Crippen molar-refractivity contribution in [3.05, 3.63) is 17.3 Å². The molecule has 1 saturated carbocycles.